The Bertz CT molecular complexity index is 639. The fourth-order valence-corrected chi connectivity index (χ4v) is 2.64. The van der Waals surface area contributed by atoms with Crippen molar-refractivity contribution in [1.82, 2.24) is 4.90 Å². The molecule has 3 rings (SSSR count). The maximum absolute atomic E-state index is 11.7. The van der Waals surface area contributed by atoms with E-state index in [0.29, 0.717) is 13.2 Å². The molecule has 0 bridgehead atoms. The van der Waals surface area contributed by atoms with E-state index < -0.39 is 0 Å². The Kier molecular flexibility index (Phi) is 4.93. The summed E-state index contributed by atoms with van der Waals surface area (Å²) in [6.45, 7) is 4.03. The van der Waals surface area contributed by atoms with E-state index in [9.17, 15) is 4.79 Å². The van der Waals surface area contributed by atoms with E-state index in [1.165, 1.54) is 0 Å². The van der Waals surface area contributed by atoms with Gasteiger partial charge in [-0.05, 0) is 30.2 Å². The molecule has 0 radical (unpaired) electrons. The van der Waals surface area contributed by atoms with E-state index in [1.807, 2.05) is 66.4 Å². The normalized spacial score (nSPS) is 18.0. The largest absolute Gasteiger partial charge is 0.489 e. The zero-order valence-corrected chi connectivity index (χ0v) is 13.3. The van der Waals surface area contributed by atoms with Crippen LogP contribution in [0.25, 0.3) is 0 Å². The smallest absolute Gasteiger partial charge is 0.248 e. The first-order chi connectivity index (χ1) is 11.3. The van der Waals surface area contributed by atoms with Gasteiger partial charge in [-0.15, -0.1) is 0 Å². The van der Waals surface area contributed by atoms with Gasteiger partial charge in [-0.1, -0.05) is 42.5 Å². The molecule has 1 aliphatic rings. The Balaban J connectivity index is 1.60. The number of morpholine rings is 1. The van der Waals surface area contributed by atoms with Crippen LogP contribution in [0.5, 0.6) is 5.75 Å². The number of amides is 1. The molecule has 4 nitrogen and oxygen atoms in total. The number of ether oxygens (including phenoxy) is 2. The first kappa shape index (κ1) is 15.6. The minimum Gasteiger partial charge on any atom is -0.489 e. The molecule has 0 aromatic heterocycles. The molecule has 0 spiro atoms. The summed E-state index contributed by atoms with van der Waals surface area (Å²) in [5.74, 6) is 0.892. The molecule has 120 valence electrons. The van der Waals surface area contributed by atoms with Crippen LogP contribution in [-0.4, -0.2) is 30.5 Å². The van der Waals surface area contributed by atoms with Crippen molar-refractivity contribution in [3.63, 3.8) is 0 Å². The fourth-order valence-electron chi connectivity index (χ4n) is 2.64. The Hall–Kier alpha value is -2.33. The van der Waals surface area contributed by atoms with E-state index in [0.717, 1.165) is 23.4 Å². The summed E-state index contributed by atoms with van der Waals surface area (Å²) in [6.07, 6.45) is -0.0594. The molecule has 1 atom stereocenters. The molecule has 23 heavy (non-hydrogen) atoms. The second kappa shape index (κ2) is 7.29. The number of carbonyl (C=O) groups is 1. The van der Waals surface area contributed by atoms with Crippen molar-refractivity contribution < 1.29 is 14.3 Å². The average Bonchev–Trinajstić information content (AvgIpc) is 2.62. The van der Waals surface area contributed by atoms with Crippen molar-refractivity contribution in [3.8, 4) is 5.75 Å². The van der Waals surface area contributed by atoms with Crippen LogP contribution in [0.3, 0.4) is 0 Å². The van der Waals surface area contributed by atoms with E-state index in [-0.39, 0.29) is 18.6 Å². The summed E-state index contributed by atoms with van der Waals surface area (Å²) in [4.78, 5) is 13.5. The van der Waals surface area contributed by atoms with Crippen LogP contribution in [0.15, 0.2) is 54.6 Å². The highest BCUT2D eigenvalue weighted by molar-refractivity contribution is 5.78. The van der Waals surface area contributed by atoms with Crippen molar-refractivity contribution in [1.29, 1.82) is 0 Å². The molecule has 4 heteroatoms. The Labute approximate surface area is 136 Å². The Morgan fingerprint density at radius 3 is 2.57 bits per heavy atom. The standard InChI is InChI=1S/C19H21NO3/c1-2-20-12-18(23-14-19(20)21)16-8-10-17(11-9-16)22-13-15-6-4-3-5-7-15/h3-11,18H,2,12-14H2,1H3/t18-/m0/s1. The number of carbonyl (C=O) groups excluding carboxylic acids is 1. The highest BCUT2D eigenvalue weighted by Crippen LogP contribution is 2.25. The summed E-state index contributed by atoms with van der Waals surface area (Å²) in [5.41, 5.74) is 2.22. The Morgan fingerprint density at radius 2 is 1.87 bits per heavy atom. The molecule has 0 saturated carbocycles. The molecular formula is C19H21NO3. The molecule has 1 fully saturated rings. The lowest BCUT2D eigenvalue weighted by molar-refractivity contribution is -0.148. The van der Waals surface area contributed by atoms with Crippen LogP contribution in [-0.2, 0) is 16.1 Å². The molecule has 2 aromatic carbocycles. The van der Waals surface area contributed by atoms with Gasteiger partial charge < -0.3 is 14.4 Å². The third-order valence-electron chi connectivity index (χ3n) is 4.03. The van der Waals surface area contributed by atoms with Crippen molar-refractivity contribution in [2.75, 3.05) is 19.7 Å². The van der Waals surface area contributed by atoms with E-state index >= 15 is 0 Å². The van der Waals surface area contributed by atoms with Crippen molar-refractivity contribution >= 4 is 5.91 Å². The molecule has 0 aliphatic carbocycles. The maximum Gasteiger partial charge on any atom is 0.248 e. The van der Waals surface area contributed by atoms with Gasteiger partial charge in [-0.25, -0.2) is 0 Å². The predicted octanol–water partition coefficient (Wildman–Crippen LogP) is 3.19. The molecule has 0 N–H and O–H groups in total. The van der Waals surface area contributed by atoms with Crippen LogP contribution in [0.4, 0.5) is 0 Å². The minimum absolute atomic E-state index is 0.0594. The number of rotatable bonds is 5. The van der Waals surface area contributed by atoms with Gasteiger partial charge >= 0.3 is 0 Å². The molecule has 1 amide bonds. The number of hydrogen-bond donors (Lipinski definition) is 0. The summed E-state index contributed by atoms with van der Waals surface area (Å²) in [6, 6.07) is 18.0. The number of benzene rings is 2. The monoisotopic (exact) mass is 311 g/mol. The third-order valence-corrected chi connectivity index (χ3v) is 4.03. The minimum atomic E-state index is -0.0594. The molecule has 1 heterocycles. The fraction of sp³-hybridized carbons (Fsp3) is 0.316. The van der Waals surface area contributed by atoms with Gasteiger partial charge in [0.15, 0.2) is 0 Å². The van der Waals surface area contributed by atoms with Gasteiger partial charge in [0.1, 0.15) is 25.1 Å². The summed E-state index contributed by atoms with van der Waals surface area (Å²) < 4.78 is 11.4. The topological polar surface area (TPSA) is 38.8 Å². The second-order valence-corrected chi connectivity index (χ2v) is 5.58. The maximum atomic E-state index is 11.7. The van der Waals surface area contributed by atoms with Gasteiger partial charge in [-0.3, -0.25) is 4.79 Å². The second-order valence-electron chi connectivity index (χ2n) is 5.58. The van der Waals surface area contributed by atoms with Gasteiger partial charge in [0.25, 0.3) is 0 Å². The van der Waals surface area contributed by atoms with Crippen molar-refractivity contribution in [2.24, 2.45) is 0 Å². The number of nitrogens with zero attached hydrogens (tertiary/aromatic N) is 1. The van der Waals surface area contributed by atoms with E-state index in [2.05, 4.69) is 0 Å². The average molecular weight is 311 g/mol. The summed E-state index contributed by atoms with van der Waals surface area (Å²) in [5, 5.41) is 0. The lowest BCUT2D eigenvalue weighted by atomic mass is 10.1. The van der Waals surface area contributed by atoms with Gasteiger partial charge in [0.05, 0.1) is 6.54 Å². The molecular weight excluding hydrogens is 290 g/mol. The predicted molar refractivity (Wildman–Crippen MR) is 88.2 cm³/mol. The van der Waals surface area contributed by atoms with Crippen LogP contribution >= 0.6 is 0 Å². The quantitative estimate of drug-likeness (QED) is 0.851. The van der Waals surface area contributed by atoms with E-state index in [4.69, 9.17) is 9.47 Å². The van der Waals surface area contributed by atoms with E-state index in [1.54, 1.807) is 0 Å². The highest BCUT2D eigenvalue weighted by Gasteiger charge is 2.26. The molecule has 1 aliphatic heterocycles. The molecule has 2 aromatic rings. The van der Waals surface area contributed by atoms with Crippen LogP contribution in [0.2, 0.25) is 0 Å². The van der Waals surface area contributed by atoms with Crippen LogP contribution < -0.4 is 4.74 Å². The molecule has 0 unspecified atom stereocenters. The zero-order valence-electron chi connectivity index (χ0n) is 13.3. The number of likely N-dealkylation sites (N-methyl/N-ethyl adjacent to an activating group) is 1. The third kappa shape index (κ3) is 3.90. The van der Waals surface area contributed by atoms with Gasteiger partial charge in [0.2, 0.25) is 5.91 Å². The Morgan fingerprint density at radius 1 is 1.13 bits per heavy atom. The zero-order chi connectivity index (χ0) is 16.1. The van der Waals surface area contributed by atoms with Crippen LogP contribution in [0.1, 0.15) is 24.2 Å². The summed E-state index contributed by atoms with van der Waals surface area (Å²) in [7, 11) is 0. The van der Waals surface area contributed by atoms with Gasteiger partial charge in [0, 0.05) is 6.54 Å². The first-order valence-electron chi connectivity index (χ1n) is 7.92. The van der Waals surface area contributed by atoms with Crippen LogP contribution in [0, 0.1) is 0 Å². The SMILES string of the molecule is CCN1C[C@@H](c2ccc(OCc3ccccc3)cc2)OCC1=O. The highest BCUT2D eigenvalue weighted by atomic mass is 16.5. The van der Waals surface area contributed by atoms with Crippen molar-refractivity contribution in [3.05, 3.63) is 65.7 Å². The lowest BCUT2D eigenvalue weighted by Crippen LogP contribution is -2.42. The first-order valence-corrected chi connectivity index (χ1v) is 7.92. The lowest BCUT2D eigenvalue weighted by Gasteiger charge is -2.32. The van der Waals surface area contributed by atoms with Crippen molar-refractivity contribution in [2.45, 2.75) is 19.6 Å². The number of hydrogen-bond acceptors (Lipinski definition) is 3. The van der Waals surface area contributed by atoms with Gasteiger partial charge in [-0.2, -0.15) is 0 Å². The summed E-state index contributed by atoms with van der Waals surface area (Å²) >= 11 is 0. The molecule has 1 saturated heterocycles.